The number of thiophene rings is 1. The summed E-state index contributed by atoms with van der Waals surface area (Å²) >= 11 is 1.53. The van der Waals surface area contributed by atoms with Crippen LogP contribution in [0.15, 0.2) is 17.5 Å². The van der Waals surface area contributed by atoms with Gasteiger partial charge in [-0.15, -0.1) is 11.3 Å². The highest BCUT2D eigenvalue weighted by Gasteiger charge is 2.22. The average molecular weight is 264 g/mol. The maximum absolute atomic E-state index is 11.7. The summed E-state index contributed by atoms with van der Waals surface area (Å²) < 4.78 is 0. The third kappa shape index (κ3) is 4.15. The number of carbonyl (C=O) groups excluding carboxylic acids is 1. The smallest absolute Gasteiger partial charge is 0.220 e. The Morgan fingerprint density at radius 2 is 2.28 bits per heavy atom. The fourth-order valence-corrected chi connectivity index (χ4v) is 2.69. The molecule has 0 radical (unpaired) electrons. The highest BCUT2D eigenvalue weighted by Crippen LogP contribution is 2.25. The van der Waals surface area contributed by atoms with Gasteiger partial charge >= 0.3 is 0 Å². The summed E-state index contributed by atoms with van der Waals surface area (Å²) in [6.07, 6.45) is 4.44. The number of hydrogen-bond acceptors (Lipinski definition) is 3. The zero-order valence-electron chi connectivity index (χ0n) is 11.1. The van der Waals surface area contributed by atoms with Crippen molar-refractivity contribution >= 4 is 17.2 Å². The van der Waals surface area contributed by atoms with E-state index in [2.05, 4.69) is 13.0 Å². The first kappa shape index (κ1) is 14.7. The third-order valence-electron chi connectivity index (χ3n) is 2.90. The van der Waals surface area contributed by atoms with Gasteiger partial charge in [0.1, 0.15) is 0 Å². The molecule has 0 aliphatic heterocycles. The Morgan fingerprint density at radius 3 is 2.78 bits per heavy atom. The minimum Gasteiger partial charge on any atom is -0.322 e. The Balaban J connectivity index is 2.65. The Bertz CT molecular complexity index is 394. The molecule has 0 aromatic carbocycles. The Hall–Kier alpha value is -1.34. The van der Waals surface area contributed by atoms with E-state index in [-0.39, 0.29) is 5.91 Å². The molecule has 3 nitrogen and oxygen atoms in total. The van der Waals surface area contributed by atoms with Crippen LogP contribution in [0.1, 0.15) is 50.4 Å². The molecule has 1 unspecified atom stereocenters. The molecule has 0 bridgehead atoms. The molecule has 0 spiro atoms. The van der Waals surface area contributed by atoms with Gasteiger partial charge in [-0.25, -0.2) is 0 Å². The monoisotopic (exact) mass is 264 g/mol. The maximum Gasteiger partial charge on any atom is 0.220 e. The van der Waals surface area contributed by atoms with E-state index in [4.69, 9.17) is 0 Å². The zero-order chi connectivity index (χ0) is 13.4. The summed E-state index contributed by atoms with van der Waals surface area (Å²) in [6, 6.07) is 5.65. The fraction of sp³-hybridized carbons (Fsp3) is 0.571. The molecular weight excluding hydrogens is 244 g/mol. The Labute approximate surface area is 113 Å². The second-order valence-corrected chi connectivity index (χ2v) is 5.30. The van der Waals surface area contributed by atoms with E-state index in [0.29, 0.717) is 6.54 Å². The maximum atomic E-state index is 11.7. The van der Waals surface area contributed by atoms with Gasteiger partial charge in [-0.05, 0) is 17.9 Å². The fourth-order valence-electron chi connectivity index (χ4n) is 1.91. The molecule has 1 heterocycles. The molecule has 1 amide bonds. The molecule has 0 saturated carbocycles. The summed E-state index contributed by atoms with van der Waals surface area (Å²) in [7, 11) is 0. The van der Waals surface area contributed by atoms with Gasteiger partial charge in [-0.3, -0.25) is 4.79 Å². The quantitative estimate of drug-likeness (QED) is 0.704. The lowest BCUT2D eigenvalue weighted by atomic mass is 10.1. The van der Waals surface area contributed by atoms with Crippen molar-refractivity contribution in [2.24, 2.45) is 0 Å². The summed E-state index contributed by atoms with van der Waals surface area (Å²) in [6.45, 7) is 4.37. The van der Waals surface area contributed by atoms with Gasteiger partial charge in [0.15, 0.2) is 6.04 Å². The predicted molar refractivity (Wildman–Crippen MR) is 74.2 cm³/mol. The van der Waals surface area contributed by atoms with Crippen LogP contribution in [0.4, 0.5) is 0 Å². The van der Waals surface area contributed by atoms with Crippen LogP contribution in [0.2, 0.25) is 0 Å². The molecule has 0 fully saturated rings. The third-order valence-corrected chi connectivity index (χ3v) is 3.83. The van der Waals surface area contributed by atoms with Gasteiger partial charge in [0.25, 0.3) is 0 Å². The number of rotatable bonds is 7. The Morgan fingerprint density at radius 1 is 1.50 bits per heavy atom. The number of hydrogen-bond donors (Lipinski definition) is 0. The zero-order valence-corrected chi connectivity index (χ0v) is 11.9. The molecule has 1 atom stereocenters. The van der Waals surface area contributed by atoms with E-state index in [1.807, 2.05) is 17.5 Å². The molecule has 98 valence electrons. The molecule has 0 saturated heterocycles. The number of unbranched alkanes of at least 4 members (excludes halogenated alkanes) is 3. The van der Waals surface area contributed by atoms with Crippen molar-refractivity contribution < 1.29 is 4.79 Å². The molecule has 0 aliphatic rings. The summed E-state index contributed by atoms with van der Waals surface area (Å²) in [5.41, 5.74) is 0. The van der Waals surface area contributed by atoms with Crippen LogP contribution in [-0.2, 0) is 4.79 Å². The first-order valence-electron chi connectivity index (χ1n) is 6.41. The van der Waals surface area contributed by atoms with Crippen LogP contribution in [0, 0.1) is 11.3 Å². The average Bonchev–Trinajstić information content (AvgIpc) is 2.86. The van der Waals surface area contributed by atoms with Gasteiger partial charge in [0.05, 0.1) is 6.07 Å². The minimum absolute atomic E-state index is 0.0218. The van der Waals surface area contributed by atoms with E-state index >= 15 is 0 Å². The van der Waals surface area contributed by atoms with E-state index < -0.39 is 6.04 Å². The number of nitriles is 1. The van der Waals surface area contributed by atoms with Gasteiger partial charge in [0.2, 0.25) is 5.91 Å². The van der Waals surface area contributed by atoms with E-state index in [1.165, 1.54) is 31.1 Å². The molecule has 0 aliphatic carbocycles. The standard InChI is InChI=1S/C14H20N2OS/c1-3-4-5-6-9-16(12(2)17)13(11-15)14-8-7-10-18-14/h7-8,10,13H,3-6,9H2,1-2H3. The van der Waals surface area contributed by atoms with E-state index in [9.17, 15) is 10.1 Å². The van der Waals surface area contributed by atoms with Gasteiger partial charge in [0, 0.05) is 18.3 Å². The second kappa shape index (κ2) is 7.88. The predicted octanol–water partition coefficient (Wildman–Crippen LogP) is 3.74. The molecule has 1 aromatic rings. The first-order chi connectivity index (χ1) is 8.70. The molecule has 1 rings (SSSR count). The van der Waals surface area contributed by atoms with Crippen LogP contribution >= 0.6 is 11.3 Å². The highest BCUT2D eigenvalue weighted by atomic mass is 32.1. The SMILES string of the molecule is CCCCCCN(C(C)=O)C(C#N)c1cccs1. The second-order valence-electron chi connectivity index (χ2n) is 4.32. The molecule has 1 aromatic heterocycles. The van der Waals surface area contributed by atoms with Crippen molar-refractivity contribution in [1.29, 1.82) is 5.26 Å². The molecule has 4 heteroatoms. The summed E-state index contributed by atoms with van der Waals surface area (Å²) in [5, 5.41) is 11.2. The van der Waals surface area contributed by atoms with Gasteiger partial charge < -0.3 is 4.90 Å². The Kier molecular flexibility index (Phi) is 6.45. The van der Waals surface area contributed by atoms with Crippen LogP contribution in [0.5, 0.6) is 0 Å². The summed E-state index contributed by atoms with van der Waals surface area (Å²) in [4.78, 5) is 14.3. The van der Waals surface area contributed by atoms with Gasteiger partial charge in [-0.2, -0.15) is 5.26 Å². The van der Waals surface area contributed by atoms with Crippen molar-refractivity contribution in [3.8, 4) is 6.07 Å². The van der Waals surface area contributed by atoms with Crippen molar-refractivity contribution in [3.05, 3.63) is 22.4 Å². The van der Waals surface area contributed by atoms with Crippen LogP contribution < -0.4 is 0 Å². The number of carbonyl (C=O) groups is 1. The first-order valence-corrected chi connectivity index (χ1v) is 7.29. The molecule has 18 heavy (non-hydrogen) atoms. The van der Waals surface area contributed by atoms with Crippen LogP contribution in [0.3, 0.4) is 0 Å². The lowest BCUT2D eigenvalue weighted by molar-refractivity contribution is -0.130. The van der Waals surface area contributed by atoms with Crippen LogP contribution in [0.25, 0.3) is 0 Å². The van der Waals surface area contributed by atoms with E-state index in [0.717, 1.165) is 17.7 Å². The largest absolute Gasteiger partial charge is 0.322 e. The van der Waals surface area contributed by atoms with Crippen LogP contribution in [-0.4, -0.2) is 17.4 Å². The minimum atomic E-state index is -0.427. The lowest BCUT2D eigenvalue weighted by Gasteiger charge is -2.25. The highest BCUT2D eigenvalue weighted by molar-refractivity contribution is 7.10. The topological polar surface area (TPSA) is 44.1 Å². The van der Waals surface area contributed by atoms with E-state index in [1.54, 1.807) is 4.90 Å². The normalized spacial score (nSPS) is 11.8. The number of nitrogens with zero attached hydrogens (tertiary/aromatic N) is 2. The van der Waals surface area contributed by atoms with Gasteiger partial charge in [-0.1, -0.05) is 32.3 Å². The van der Waals surface area contributed by atoms with Crippen molar-refractivity contribution in [2.45, 2.75) is 45.6 Å². The number of amides is 1. The summed E-state index contributed by atoms with van der Waals surface area (Å²) in [5.74, 6) is -0.0218. The van der Waals surface area contributed by atoms with Crippen molar-refractivity contribution in [3.63, 3.8) is 0 Å². The van der Waals surface area contributed by atoms with Crippen molar-refractivity contribution in [2.75, 3.05) is 6.54 Å². The lowest BCUT2D eigenvalue weighted by Crippen LogP contribution is -2.33. The molecule has 0 N–H and O–H groups in total. The van der Waals surface area contributed by atoms with Crippen molar-refractivity contribution in [1.82, 2.24) is 4.90 Å². The molecular formula is C14H20N2OS.